The molecule has 26 heavy (non-hydrogen) atoms. The molecule has 0 amide bonds. The lowest BCUT2D eigenvalue weighted by Crippen LogP contribution is -2.24. The molecule has 0 unspecified atom stereocenters. The molecule has 2 nitrogen and oxygen atoms in total. The molecule has 0 spiro atoms. The van der Waals surface area contributed by atoms with Gasteiger partial charge in [0.05, 0.1) is 5.02 Å². The molecule has 1 saturated carbocycles. The van der Waals surface area contributed by atoms with Crippen molar-refractivity contribution in [3.8, 4) is 0 Å². The summed E-state index contributed by atoms with van der Waals surface area (Å²) in [5.74, 6) is -0.411. The van der Waals surface area contributed by atoms with Crippen LogP contribution in [-0.4, -0.2) is 12.0 Å². The first-order valence-corrected chi connectivity index (χ1v) is 9.30. The first-order valence-electron chi connectivity index (χ1n) is 8.92. The van der Waals surface area contributed by atoms with Crippen molar-refractivity contribution in [3.63, 3.8) is 0 Å². The van der Waals surface area contributed by atoms with E-state index in [-0.39, 0.29) is 5.02 Å². The van der Waals surface area contributed by atoms with Crippen molar-refractivity contribution in [2.75, 3.05) is 7.05 Å². The molecule has 1 fully saturated rings. The second-order valence-corrected chi connectivity index (χ2v) is 6.39. The number of nitrogens with one attached hydrogen (secondary N) is 2. The predicted molar refractivity (Wildman–Crippen MR) is 111 cm³/mol. The van der Waals surface area contributed by atoms with Crippen LogP contribution in [0.1, 0.15) is 37.9 Å². The summed E-state index contributed by atoms with van der Waals surface area (Å²) >= 11 is 5.63. The van der Waals surface area contributed by atoms with E-state index in [0.717, 1.165) is 16.6 Å². The fourth-order valence-corrected chi connectivity index (χ4v) is 3.00. The maximum absolute atomic E-state index is 13.0. The van der Waals surface area contributed by atoms with Gasteiger partial charge in [0.2, 0.25) is 0 Å². The van der Waals surface area contributed by atoms with Crippen LogP contribution >= 0.6 is 11.6 Å². The highest BCUT2D eigenvalue weighted by atomic mass is 35.5. The zero-order chi connectivity index (χ0) is 19.2. The molecule has 0 radical (unpaired) electrons. The van der Waals surface area contributed by atoms with Crippen LogP contribution < -0.4 is 5.32 Å². The zero-order valence-corrected chi connectivity index (χ0v) is 16.3. The van der Waals surface area contributed by atoms with Gasteiger partial charge in [0.1, 0.15) is 5.82 Å². The van der Waals surface area contributed by atoms with Gasteiger partial charge in [0, 0.05) is 22.1 Å². The Bertz CT molecular complexity index is 812. The van der Waals surface area contributed by atoms with Crippen molar-refractivity contribution >= 4 is 28.6 Å². The minimum absolute atomic E-state index is 0.141. The van der Waals surface area contributed by atoms with E-state index in [4.69, 9.17) is 11.6 Å². The van der Waals surface area contributed by atoms with E-state index in [1.165, 1.54) is 24.5 Å². The summed E-state index contributed by atoms with van der Waals surface area (Å²) in [5, 5.41) is 4.40. The molecular weight excluding hydrogens is 347 g/mol. The van der Waals surface area contributed by atoms with E-state index < -0.39 is 5.82 Å². The highest BCUT2D eigenvalue weighted by Gasteiger charge is 2.42. The molecule has 0 bridgehead atoms. The fraction of sp³-hybridized carbons (Fsp3) is 0.273. The summed E-state index contributed by atoms with van der Waals surface area (Å²) < 4.78 is 13.0. The van der Waals surface area contributed by atoms with Gasteiger partial charge in [-0.3, -0.25) is 0 Å². The van der Waals surface area contributed by atoms with Gasteiger partial charge < -0.3 is 10.3 Å². The molecule has 1 aliphatic rings. The molecule has 2 N–H and O–H groups in total. The predicted octanol–water partition coefficient (Wildman–Crippen LogP) is 6.52. The van der Waals surface area contributed by atoms with E-state index in [2.05, 4.69) is 47.2 Å². The molecule has 4 heteroatoms. The molecule has 138 valence electrons. The Morgan fingerprint density at radius 2 is 1.81 bits per heavy atom. The second kappa shape index (κ2) is 9.02. The number of hydrogen-bond donors (Lipinski definition) is 2. The number of aromatic amines is 1. The maximum atomic E-state index is 13.0. The minimum Gasteiger partial charge on any atom is -0.355 e. The molecule has 3 aromatic rings. The van der Waals surface area contributed by atoms with E-state index in [1.807, 2.05) is 27.0 Å². The van der Waals surface area contributed by atoms with Crippen LogP contribution in [0, 0.1) is 5.82 Å². The Kier molecular flexibility index (Phi) is 7.01. The lowest BCUT2D eigenvalue weighted by Gasteiger charge is -2.13. The van der Waals surface area contributed by atoms with E-state index in [9.17, 15) is 4.39 Å². The maximum Gasteiger partial charge on any atom is 0.143 e. The Labute approximate surface area is 160 Å². The number of hydrogen-bond acceptors (Lipinski definition) is 1. The summed E-state index contributed by atoms with van der Waals surface area (Å²) in [7, 11) is 2.04. The van der Waals surface area contributed by atoms with Crippen LogP contribution in [0.25, 0.3) is 17.0 Å². The highest BCUT2D eigenvalue weighted by Crippen LogP contribution is 2.44. The zero-order valence-electron chi connectivity index (χ0n) is 15.6. The van der Waals surface area contributed by atoms with Gasteiger partial charge in [-0.1, -0.05) is 62.4 Å². The van der Waals surface area contributed by atoms with Crippen molar-refractivity contribution in [3.05, 3.63) is 77.2 Å². The number of H-pyrrole nitrogens is 1. The number of benzene rings is 2. The smallest absolute Gasteiger partial charge is 0.143 e. The molecule has 1 heterocycles. The summed E-state index contributed by atoms with van der Waals surface area (Å²) in [6.45, 7) is 7.61. The first kappa shape index (κ1) is 20.2. The molecule has 0 atom stereocenters. The summed E-state index contributed by atoms with van der Waals surface area (Å²) in [6.07, 6.45) is 4.24. The molecule has 1 aliphatic carbocycles. The highest BCUT2D eigenvalue weighted by molar-refractivity contribution is 6.31. The molecular formula is C22H26ClFN2. The number of halogens is 2. The standard InChI is InChI=1S/C10H7ClFN.C10H13N.C2H6/c1-2-7-3-6-4-8(11)9(12)5-10(6)13-7;1-11-10(7-8-10)9-5-3-2-4-6-9;1-2/h2-5,13H,1H2;2-6,11H,7-8H2,1H3;1-2H3. The van der Waals surface area contributed by atoms with Crippen LogP contribution in [0.5, 0.6) is 0 Å². The Hall–Kier alpha value is -2.10. The van der Waals surface area contributed by atoms with Crippen molar-refractivity contribution < 1.29 is 4.39 Å². The molecule has 2 aromatic carbocycles. The van der Waals surface area contributed by atoms with E-state index in [0.29, 0.717) is 5.54 Å². The van der Waals surface area contributed by atoms with Crippen molar-refractivity contribution in [1.82, 2.24) is 10.3 Å². The fourth-order valence-electron chi connectivity index (χ4n) is 2.82. The van der Waals surface area contributed by atoms with Gasteiger partial charge in [-0.25, -0.2) is 4.39 Å². The monoisotopic (exact) mass is 372 g/mol. The Balaban J connectivity index is 0.000000173. The van der Waals surface area contributed by atoms with E-state index >= 15 is 0 Å². The molecule has 0 saturated heterocycles. The van der Waals surface area contributed by atoms with Crippen LogP contribution in [0.3, 0.4) is 0 Å². The van der Waals surface area contributed by atoms with Crippen LogP contribution in [-0.2, 0) is 5.54 Å². The number of aromatic nitrogens is 1. The van der Waals surface area contributed by atoms with Gasteiger partial charge in [0.15, 0.2) is 0 Å². The summed E-state index contributed by atoms with van der Waals surface area (Å²) in [5.41, 5.74) is 3.36. The normalized spacial score (nSPS) is 13.9. The second-order valence-electron chi connectivity index (χ2n) is 5.98. The van der Waals surface area contributed by atoms with Gasteiger partial charge >= 0.3 is 0 Å². The summed E-state index contributed by atoms with van der Waals surface area (Å²) in [6, 6.07) is 15.5. The molecule has 1 aromatic heterocycles. The minimum atomic E-state index is -0.411. The first-order chi connectivity index (χ1) is 12.6. The van der Waals surface area contributed by atoms with Crippen LogP contribution in [0.2, 0.25) is 5.02 Å². The van der Waals surface area contributed by atoms with E-state index in [1.54, 1.807) is 12.1 Å². The molecule has 0 aliphatic heterocycles. The molecule has 4 rings (SSSR count). The van der Waals surface area contributed by atoms with Gasteiger partial charge in [0.25, 0.3) is 0 Å². The van der Waals surface area contributed by atoms with Crippen molar-refractivity contribution in [2.45, 2.75) is 32.2 Å². The third-order valence-electron chi connectivity index (χ3n) is 4.46. The van der Waals surface area contributed by atoms with Gasteiger partial charge in [-0.05, 0) is 49.7 Å². The average molecular weight is 373 g/mol. The number of rotatable bonds is 3. The third-order valence-corrected chi connectivity index (χ3v) is 4.75. The Morgan fingerprint density at radius 3 is 2.35 bits per heavy atom. The lowest BCUT2D eigenvalue weighted by molar-refractivity contribution is 0.586. The average Bonchev–Trinajstić information content (AvgIpc) is 3.40. The number of fused-ring (bicyclic) bond motifs is 1. The van der Waals surface area contributed by atoms with Gasteiger partial charge in [-0.15, -0.1) is 0 Å². The lowest BCUT2D eigenvalue weighted by atomic mass is 10.1. The Morgan fingerprint density at radius 1 is 1.15 bits per heavy atom. The quantitative estimate of drug-likeness (QED) is 0.537. The topological polar surface area (TPSA) is 27.8 Å². The van der Waals surface area contributed by atoms with Crippen LogP contribution in [0.4, 0.5) is 4.39 Å². The summed E-state index contributed by atoms with van der Waals surface area (Å²) in [4.78, 5) is 3.00. The van der Waals surface area contributed by atoms with Crippen molar-refractivity contribution in [1.29, 1.82) is 0 Å². The SMILES string of the molecule is C=Cc1cc2cc(Cl)c(F)cc2[nH]1.CC.CNC1(c2ccccc2)CC1. The van der Waals surface area contributed by atoms with Crippen molar-refractivity contribution in [2.24, 2.45) is 0 Å². The van der Waals surface area contributed by atoms with Crippen LogP contribution in [0.15, 0.2) is 55.1 Å². The van der Waals surface area contributed by atoms with Gasteiger partial charge in [-0.2, -0.15) is 0 Å². The largest absolute Gasteiger partial charge is 0.355 e. The third kappa shape index (κ3) is 4.54.